The van der Waals surface area contributed by atoms with Crippen molar-refractivity contribution < 1.29 is 44.2 Å². The lowest BCUT2D eigenvalue weighted by molar-refractivity contribution is -0.283. The number of likely N-dealkylation sites (N-methyl/N-ethyl adjacent to an activating group) is 1. The largest absolute Gasteiger partial charge is 0.481 e. The quantitative estimate of drug-likeness (QED) is 0.0608. The number of hydrogen-bond acceptors (Lipinski definition) is 10. The van der Waals surface area contributed by atoms with Crippen LogP contribution in [0.4, 0.5) is 5.69 Å². The number of aliphatic carboxylic acids is 1. The highest BCUT2D eigenvalue weighted by Crippen LogP contribution is 2.70. The molecular formula is C57H80N2O9. The minimum absolute atomic E-state index is 0.0425. The van der Waals surface area contributed by atoms with Crippen molar-refractivity contribution in [3.05, 3.63) is 52.6 Å². The highest BCUT2D eigenvalue weighted by Gasteiger charge is 2.67. The monoisotopic (exact) mass is 937 g/mol. The van der Waals surface area contributed by atoms with Crippen molar-refractivity contribution in [1.29, 1.82) is 0 Å². The third-order valence-electron chi connectivity index (χ3n) is 20.7. The Morgan fingerprint density at radius 1 is 0.956 bits per heavy atom. The lowest BCUT2D eigenvalue weighted by Gasteiger charge is -2.64. The lowest BCUT2D eigenvalue weighted by Crippen LogP contribution is -2.62. The van der Waals surface area contributed by atoms with Gasteiger partial charge < -0.3 is 30.7 Å². The molecule has 0 aromatic heterocycles. The number of rotatable bonds is 14. The summed E-state index contributed by atoms with van der Waals surface area (Å²) >= 11 is 0. The van der Waals surface area contributed by atoms with E-state index in [-0.39, 0.29) is 95.6 Å². The van der Waals surface area contributed by atoms with E-state index in [4.69, 9.17) is 20.2 Å². The van der Waals surface area contributed by atoms with E-state index < -0.39 is 23.1 Å². The van der Waals surface area contributed by atoms with Crippen molar-refractivity contribution in [2.75, 3.05) is 38.3 Å². The number of allylic oxidation sites excluding steroid dienone is 4. The maximum atomic E-state index is 14.1. The molecule has 5 N–H and O–H groups in total. The predicted octanol–water partition coefficient (Wildman–Crippen LogP) is 8.95. The molecule has 0 bridgehead atoms. The fourth-order valence-corrected chi connectivity index (χ4v) is 17.1. The molecule has 6 fully saturated rings. The SMILES string of the molecule is CC#C[C@@]1(O)CCC2C3CCC4=CC(=O)CCC4=C3[C@H](c3ccc(N(C)CCO[C@H]4CC[C@@]5(C)[C@@H](C4)C[C@@H](C(=O)OOCCN)[C@@H]4[C@@H]5C[C@H](O)[C@]5(C)[C@@H]([C@H](C)CCC(=O)O)CC[C@@H]45)cc3)C[C@@]21C. The molecule has 8 aliphatic carbocycles. The van der Waals surface area contributed by atoms with Crippen molar-refractivity contribution in [2.24, 2.45) is 75.2 Å². The second-order valence-electron chi connectivity index (χ2n) is 23.6. The molecule has 11 nitrogen and oxygen atoms in total. The van der Waals surface area contributed by atoms with Crippen molar-refractivity contribution in [3.8, 4) is 11.8 Å². The Balaban J connectivity index is 0.875. The number of nitrogens with two attached hydrogens (primary N) is 1. The van der Waals surface area contributed by atoms with E-state index in [1.807, 2.05) is 13.0 Å². The summed E-state index contributed by atoms with van der Waals surface area (Å²) in [7, 11) is 2.12. The first-order chi connectivity index (χ1) is 32.5. The maximum absolute atomic E-state index is 14.1. The number of ketones is 1. The van der Waals surface area contributed by atoms with Gasteiger partial charge in [-0.25, -0.2) is 4.79 Å². The fraction of sp³-hybridized carbons (Fsp3) is 0.737. The smallest absolute Gasteiger partial charge is 0.345 e. The van der Waals surface area contributed by atoms with E-state index in [2.05, 4.69) is 75.7 Å². The number of aliphatic hydroxyl groups excluding tert-OH is 1. The molecule has 0 radical (unpaired) electrons. The molecule has 16 atom stereocenters. The lowest BCUT2D eigenvalue weighted by atomic mass is 9.41. The second kappa shape index (κ2) is 19.2. The van der Waals surface area contributed by atoms with Crippen LogP contribution in [0.15, 0.2) is 47.1 Å². The van der Waals surface area contributed by atoms with E-state index >= 15 is 0 Å². The molecule has 11 heteroatoms. The van der Waals surface area contributed by atoms with Gasteiger partial charge in [0.05, 0.1) is 24.7 Å². The molecule has 372 valence electrons. The van der Waals surface area contributed by atoms with Crippen LogP contribution in [0.2, 0.25) is 0 Å². The zero-order valence-electron chi connectivity index (χ0n) is 41.8. The Bertz CT molecular complexity index is 2210. The number of ether oxygens (including phenoxy) is 1. The predicted molar refractivity (Wildman–Crippen MR) is 261 cm³/mol. The van der Waals surface area contributed by atoms with Crippen LogP contribution < -0.4 is 10.6 Å². The molecular weight excluding hydrogens is 857 g/mol. The van der Waals surface area contributed by atoms with Crippen LogP contribution in [0.25, 0.3) is 0 Å². The summed E-state index contributed by atoms with van der Waals surface area (Å²) in [6.07, 6.45) is 13.9. The van der Waals surface area contributed by atoms with Gasteiger partial charge >= 0.3 is 11.9 Å². The topological polar surface area (TPSA) is 169 Å². The summed E-state index contributed by atoms with van der Waals surface area (Å²) in [4.78, 5) is 51.3. The molecule has 1 aromatic carbocycles. The highest BCUT2D eigenvalue weighted by atomic mass is 17.2. The van der Waals surface area contributed by atoms with Gasteiger partial charge in [-0.2, -0.15) is 4.89 Å². The van der Waals surface area contributed by atoms with Crippen molar-refractivity contribution in [1.82, 2.24) is 0 Å². The van der Waals surface area contributed by atoms with Gasteiger partial charge in [-0.1, -0.05) is 51.3 Å². The van der Waals surface area contributed by atoms with Crippen LogP contribution in [-0.4, -0.2) is 84.2 Å². The van der Waals surface area contributed by atoms with Crippen molar-refractivity contribution >= 4 is 23.4 Å². The number of aliphatic hydroxyl groups is 2. The number of fused-ring (bicyclic) bond motifs is 9. The Morgan fingerprint density at radius 2 is 1.74 bits per heavy atom. The number of nitrogens with zero attached hydrogens (tertiary/aromatic N) is 1. The van der Waals surface area contributed by atoms with E-state index in [9.17, 15) is 29.7 Å². The second-order valence-corrected chi connectivity index (χ2v) is 23.6. The molecule has 0 amide bonds. The van der Waals surface area contributed by atoms with Crippen LogP contribution in [0.5, 0.6) is 0 Å². The van der Waals surface area contributed by atoms with Gasteiger partial charge in [0.25, 0.3) is 0 Å². The molecule has 0 spiro atoms. The summed E-state index contributed by atoms with van der Waals surface area (Å²) in [5.74, 6) is 6.88. The Kier molecular flexibility index (Phi) is 14.0. The highest BCUT2D eigenvalue weighted by molar-refractivity contribution is 5.93. The first-order valence-corrected chi connectivity index (χ1v) is 26.5. The zero-order valence-corrected chi connectivity index (χ0v) is 41.8. The number of carbonyl (C=O) groups is 3. The molecule has 6 saturated carbocycles. The molecule has 2 unspecified atom stereocenters. The zero-order chi connectivity index (χ0) is 48.3. The van der Waals surface area contributed by atoms with Gasteiger partial charge in [0.15, 0.2) is 5.78 Å². The molecule has 0 saturated heterocycles. The number of benzene rings is 1. The van der Waals surface area contributed by atoms with Gasteiger partial charge in [-0.15, -0.1) is 5.92 Å². The van der Waals surface area contributed by atoms with Crippen LogP contribution in [0.3, 0.4) is 0 Å². The molecule has 68 heavy (non-hydrogen) atoms. The number of carbonyl (C=O) groups excluding carboxylic acids is 2. The van der Waals surface area contributed by atoms with Gasteiger partial charge in [-0.3, -0.25) is 14.5 Å². The van der Waals surface area contributed by atoms with Crippen LogP contribution in [0.1, 0.15) is 149 Å². The number of carboxylic acid groups (broad SMARTS) is 1. The summed E-state index contributed by atoms with van der Waals surface area (Å²) in [6.45, 7) is 12.6. The normalized spacial score (nSPS) is 40.8. The van der Waals surface area contributed by atoms with E-state index in [1.54, 1.807) is 0 Å². The van der Waals surface area contributed by atoms with Crippen LogP contribution in [0, 0.1) is 81.3 Å². The minimum atomic E-state index is -1.01. The first kappa shape index (κ1) is 49.5. The van der Waals surface area contributed by atoms with Crippen molar-refractivity contribution in [3.63, 3.8) is 0 Å². The van der Waals surface area contributed by atoms with Gasteiger partial charge in [0.1, 0.15) is 12.2 Å². The van der Waals surface area contributed by atoms with Gasteiger partial charge in [-0.05, 0) is 190 Å². The molecule has 1 aromatic rings. The van der Waals surface area contributed by atoms with Crippen LogP contribution >= 0.6 is 0 Å². The Hall–Kier alpha value is -3.53. The van der Waals surface area contributed by atoms with Gasteiger partial charge in [0.2, 0.25) is 0 Å². The van der Waals surface area contributed by atoms with E-state index in [0.29, 0.717) is 50.5 Å². The van der Waals surface area contributed by atoms with E-state index in [0.717, 1.165) is 76.4 Å². The minimum Gasteiger partial charge on any atom is -0.481 e. The number of anilines is 1. The standard InChI is InChI=1S/C57H80N2O9/c1-7-22-57(65)24-21-46-42-15-11-36-29-39(60)14-16-41(36)51(42)44(33-55(46,57)4)35-9-12-38(13-10-35)59(6)26-28-66-40-20-23-54(3)37(30-40)31-43(53(64)68-67-27-25-58)52-47-18-17-45(34(2)8-19-50(62)63)56(47,5)49(61)32-48(52)54/h9-10,12-13,29,34,37,40,42-49,52,61,65H,8,11,14-21,23-28,30-33,58H2,1-6H3,(H,62,63)/t34-,37+,40+,42?,43-,44+,45-,46?,47+,48+,49+,52+,54+,55+,56-,57-/m1/s1. The third-order valence-corrected chi connectivity index (χ3v) is 20.7. The molecule has 0 aliphatic heterocycles. The Morgan fingerprint density at radius 3 is 2.47 bits per heavy atom. The van der Waals surface area contributed by atoms with Gasteiger partial charge in [0, 0.05) is 50.0 Å². The molecule has 8 aliphatic rings. The Labute approximate surface area is 405 Å². The fourth-order valence-electron chi connectivity index (χ4n) is 17.1. The summed E-state index contributed by atoms with van der Waals surface area (Å²) in [5.41, 5.74) is 10.4. The van der Waals surface area contributed by atoms with E-state index in [1.165, 1.54) is 22.3 Å². The number of carboxylic acids is 1. The van der Waals surface area contributed by atoms with Crippen molar-refractivity contribution in [2.45, 2.75) is 161 Å². The average Bonchev–Trinajstić information content (AvgIpc) is 3.81. The summed E-state index contributed by atoms with van der Waals surface area (Å²) in [5, 5.41) is 33.8. The molecule has 0 heterocycles. The summed E-state index contributed by atoms with van der Waals surface area (Å²) in [6, 6.07) is 9.03. The maximum Gasteiger partial charge on any atom is 0.345 e. The van der Waals surface area contributed by atoms with Crippen LogP contribution in [-0.2, 0) is 28.9 Å². The molecule has 9 rings (SSSR count). The third kappa shape index (κ3) is 8.42. The average molecular weight is 937 g/mol. The first-order valence-electron chi connectivity index (χ1n) is 26.5. The number of hydrogen-bond donors (Lipinski definition) is 4. The summed E-state index contributed by atoms with van der Waals surface area (Å²) < 4.78 is 6.74.